The smallest absolute Gasteiger partial charge is 0.126 e. The van der Waals surface area contributed by atoms with Crippen molar-refractivity contribution in [3.05, 3.63) is 28.8 Å². The maximum Gasteiger partial charge on any atom is 0.126 e. The van der Waals surface area contributed by atoms with Gasteiger partial charge in [-0.25, -0.2) is 0 Å². The monoisotopic (exact) mass is 278 g/mol. The molecule has 1 aromatic rings. The van der Waals surface area contributed by atoms with Crippen LogP contribution < -0.4 is 0 Å². The van der Waals surface area contributed by atoms with E-state index in [1.807, 2.05) is 0 Å². The normalized spacial score (nSPS) is 11.7. The minimum Gasteiger partial charge on any atom is -0.507 e. The van der Waals surface area contributed by atoms with Crippen LogP contribution in [0.5, 0.6) is 5.75 Å². The third-order valence-corrected chi connectivity index (χ3v) is 2.87. The molecule has 1 rings (SSSR count). The van der Waals surface area contributed by atoms with E-state index in [9.17, 15) is 9.90 Å². The average Bonchev–Trinajstić information content (AvgIpc) is 2.16. The van der Waals surface area contributed by atoms with Gasteiger partial charge in [0.1, 0.15) is 11.5 Å². The number of carbonyl (C=O) groups is 1. The molecule has 0 aliphatic carbocycles. The van der Waals surface area contributed by atoms with E-state index in [2.05, 4.69) is 60.6 Å². The minimum atomic E-state index is -0.0178. The molecule has 0 aliphatic heterocycles. The standard InChI is InChI=1S/C15H24O.C3H6O/c1-10-8-11(14(2,3)4)13(16)12(9-10)15(5,6)7;1-3(2)4/h8-9,16H,1-7H3;1-2H3. The SMILES string of the molecule is CC(C)=O.Cc1cc(C(C)(C)C)c(O)c(C(C)(C)C)c1. The molecular weight excluding hydrogens is 248 g/mol. The van der Waals surface area contributed by atoms with Gasteiger partial charge in [-0.05, 0) is 42.7 Å². The predicted octanol–water partition coefficient (Wildman–Crippen LogP) is 4.89. The van der Waals surface area contributed by atoms with E-state index < -0.39 is 0 Å². The Balaban J connectivity index is 0.000000796. The third kappa shape index (κ3) is 5.77. The fourth-order valence-electron chi connectivity index (χ4n) is 1.92. The first-order chi connectivity index (χ1) is 8.76. The van der Waals surface area contributed by atoms with Crippen molar-refractivity contribution in [1.82, 2.24) is 0 Å². The Morgan fingerprint density at radius 2 is 1.15 bits per heavy atom. The van der Waals surface area contributed by atoms with Crippen LogP contribution in [0.4, 0.5) is 0 Å². The van der Waals surface area contributed by atoms with Crippen molar-refractivity contribution >= 4 is 5.78 Å². The summed E-state index contributed by atoms with van der Waals surface area (Å²) in [6.45, 7) is 17.9. The van der Waals surface area contributed by atoms with E-state index in [-0.39, 0.29) is 16.6 Å². The van der Waals surface area contributed by atoms with Gasteiger partial charge in [0.15, 0.2) is 0 Å². The lowest BCUT2D eigenvalue weighted by molar-refractivity contribution is -0.114. The molecule has 0 aromatic heterocycles. The highest BCUT2D eigenvalue weighted by atomic mass is 16.3. The number of hydrogen-bond acceptors (Lipinski definition) is 2. The fraction of sp³-hybridized carbons (Fsp3) is 0.611. The Morgan fingerprint density at radius 1 is 0.900 bits per heavy atom. The van der Waals surface area contributed by atoms with E-state index in [0.29, 0.717) is 5.75 Å². The van der Waals surface area contributed by atoms with Gasteiger partial charge < -0.3 is 9.90 Å². The van der Waals surface area contributed by atoms with Crippen molar-refractivity contribution in [2.24, 2.45) is 0 Å². The van der Waals surface area contributed by atoms with Crippen LogP contribution in [0, 0.1) is 6.92 Å². The largest absolute Gasteiger partial charge is 0.507 e. The zero-order valence-electron chi connectivity index (χ0n) is 14.5. The van der Waals surface area contributed by atoms with Gasteiger partial charge in [-0.1, -0.05) is 59.2 Å². The summed E-state index contributed by atoms with van der Waals surface area (Å²) in [5.74, 6) is 0.630. The Kier molecular flexibility index (Phi) is 6.01. The molecule has 0 heterocycles. The number of hydrogen-bond donors (Lipinski definition) is 1. The van der Waals surface area contributed by atoms with Gasteiger partial charge >= 0.3 is 0 Å². The summed E-state index contributed by atoms with van der Waals surface area (Å²) in [7, 11) is 0. The molecule has 114 valence electrons. The highest BCUT2D eigenvalue weighted by Gasteiger charge is 2.25. The molecule has 0 atom stereocenters. The lowest BCUT2D eigenvalue weighted by atomic mass is 9.78. The minimum absolute atomic E-state index is 0.0178. The number of phenols is 1. The molecule has 0 saturated carbocycles. The van der Waals surface area contributed by atoms with Crippen molar-refractivity contribution < 1.29 is 9.90 Å². The van der Waals surface area contributed by atoms with Gasteiger partial charge in [0.2, 0.25) is 0 Å². The summed E-state index contributed by atoms with van der Waals surface area (Å²) >= 11 is 0. The Hall–Kier alpha value is -1.31. The maximum atomic E-state index is 10.4. The number of rotatable bonds is 0. The molecule has 0 spiro atoms. The van der Waals surface area contributed by atoms with Gasteiger partial charge in [-0.2, -0.15) is 0 Å². The second kappa shape index (κ2) is 6.43. The molecule has 0 aliphatic rings. The van der Waals surface area contributed by atoms with E-state index in [0.717, 1.165) is 11.1 Å². The zero-order chi connectivity index (χ0) is 16.3. The summed E-state index contributed by atoms with van der Waals surface area (Å²) in [5, 5.41) is 10.4. The van der Waals surface area contributed by atoms with Crippen LogP contribution in [0.25, 0.3) is 0 Å². The summed E-state index contributed by atoms with van der Waals surface area (Å²) in [5.41, 5.74) is 3.26. The quantitative estimate of drug-likeness (QED) is 0.733. The van der Waals surface area contributed by atoms with Crippen LogP contribution in [0.2, 0.25) is 0 Å². The van der Waals surface area contributed by atoms with Crippen LogP contribution in [0.3, 0.4) is 0 Å². The number of phenolic OH excluding ortho intramolecular Hbond substituents is 1. The van der Waals surface area contributed by atoms with Crippen LogP contribution in [0.1, 0.15) is 72.1 Å². The van der Waals surface area contributed by atoms with Gasteiger partial charge in [-0.15, -0.1) is 0 Å². The van der Waals surface area contributed by atoms with Crippen molar-refractivity contribution in [1.29, 1.82) is 0 Å². The number of aromatic hydroxyl groups is 1. The highest BCUT2D eigenvalue weighted by molar-refractivity contribution is 5.72. The number of carbonyl (C=O) groups excluding carboxylic acids is 1. The van der Waals surface area contributed by atoms with Crippen molar-refractivity contribution in [2.45, 2.75) is 73.1 Å². The fourth-order valence-corrected chi connectivity index (χ4v) is 1.92. The molecule has 2 nitrogen and oxygen atoms in total. The topological polar surface area (TPSA) is 37.3 Å². The summed E-state index contributed by atoms with van der Waals surface area (Å²) in [6, 6.07) is 4.18. The number of Topliss-reactive ketones (excluding diaryl/α,β-unsaturated/α-hetero) is 1. The van der Waals surface area contributed by atoms with Crippen molar-refractivity contribution in [3.8, 4) is 5.75 Å². The second-order valence-corrected chi connectivity index (χ2v) is 7.62. The van der Waals surface area contributed by atoms with Crippen LogP contribution >= 0.6 is 0 Å². The van der Waals surface area contributed by atoms with Gasteiger partial charge in [-0.3, -0.25) is 0 Å². The first-order valence-corrected chi connectivity index (χ1v) is 7.08. The molecular formula is C18H30O2. The molecule has 0 bridgehead atoms. The Labute approximate surface area is 124 Å². The molecule has 1 N–H and O–H groups in total. The average molecular weight is 278 g/mol. The summed E-state index contributed by atoms with van der Waals surface area (Å²) in [4.78, 5) is 9.44. The van der Waals surface area contributed by atoms with E-state index in [1.165, 1.54) is 19.4 Å². The van der Waals surface area contributed by atoms with Crippen LogP contribution in [-0.4, -0.2) is 10.9 Å². The molecule has 0 radical (unpaired) electrons. The molecule has 0 saturated heterocycles. The summed E-state index contributed by atoms with van der Waals surface area (Å²) < 4.78 is 0. The first kappa shape index (κ1) is 18.7. The molecule has 1 aromatic carbocycles. The van der Waals surface area contributed by atoms with Crippen LogP contribution in [0.15, 0.2) is 12.1 Å². The molecule has 0 fully saturated rings. The summed E-state index contributed by atoms with van der Waals surface area (Å²) in [6.07, 6.45) is 0. The van der Waals surface area contributed by atoms with Crippen molar-refractivity contribution in [2.75, 3.05) is 0 Å². The maximum absolute atomic E-state index is 10.4. The zero-order valence-corrected chi connectivity index (χ0v) is 14.5. The predicted molar refractivity (Wildman–Crippen MR) is 86.6 cm³/mol. The van der Waals surface area contributed by atoms with Gasteiger partial charge in [0.05, 0.1) is 0 Å². The van der Waals surface area contributed by atoms with Crippen LogP contribution in [-0.2, 0) is 15.6 Å². The Bertz CT molecular complexity index is 432. The first-order valence-electron chi connectivity index (χ1n) is 7.08. The third-order valence-electron chi connectivity index (χ3n) is 2.87. The van der Waals surface area contributed by atoms with E-state index >= 15 is 0 Å². The highest BCUT2D eigenvalue weighted by Crippen LogP contribution is 2.39. The van der Waals surface area contributed by atoms with Gasteiger partial charge in [0, 0.05) is 0 Å². The second-order valence-electron chi connectivity index (χ2n) is 7.62. The molecule has 2 heteroatoms. The van der Waals surface area contributed by atoms with E-state index in [4.69, 9.17) is 0 Å². The molecule has 0 unspecified atom stereocenters. The van der Waals surface area contributed by atoms with Gasteiger partial charge in [0.25, 0.3) is 0 Å². The lowest BCUT2D eigenvalue weighted by Gasteiger charge is -2.27. The van der Waals surface area contributed by atoms with E-state index in [1.54, 1.807) is 0 Å². The Morgan fingerprint density at radius 3 is 1.35 bits per heavy atom. The van der Waals surface area contributed by atoms with Crippen molar-refractivity contribution in [3.63, 3.8) is 0 Å². The number of benzene rings is 1. The molecule has 0 amide bonds. The lowest BCUT2D eigenvalue weighted by Crippen LogP contribution is -2.17. The number of ketones is 1. The number of aryl methyl sites for hydroxylation is 1. The molecule has 20 heavy (non-hydrogen) atoms.